The van der Waals surface area contributed by atoms with Crippen molar-refractivity contribution < 1.29 is 4.79 Å². The average Bonchev–Trinajstić information content (AvgIpc) is 3.04. The lowest BCUT2D eigenvalue weighted by Crippen LogP contribution is -2.14. The van der Waals surface area contributed by atoms with Gasteiger partial charge < -0.3 is 10.3 Å². The van der Waals surface area contributed by atoms with Crippen molar-refractivity contribution in [2.24, 2.45) is 0 Å². The van der Waals surface area contributed by atoms with Gasteiger partial charge in [0.25, 0.3) is 0 Å². The van der Waals surface area contributed by atoms with Crippen LogP contribution in [0.15, 0.2) is 54.6 Å². The number of aromatic nitrogens is 1. The lowest BCUT2D eigenvalue weighted by Gasteiger charge is -2.19. The number of rotatable bonds is 3. The van der Waals surface area contributed by atoms with Crippen LogP contribution in [-0.4, -0.2) is 10.8 Å². The molecule has 2 N–H and O–H groups in total. The van der Waals surface area contributed by atoms with E-state index in [-0.39, 0.29) is 0 Å². The second kappa shape index (κ2) is 6.00. The highest BCUT2D eigenvalue weighted by Crippen LogP contribution is 2.30. The number of nitrogens with one attached hydrogen (secondary N) is 2. The molecule has 1 aromatic heterocycles. The number of ketones is 1. The van der Waals surface area contributed by atoms with Crippen molar-refractivity contribution in [2.75, 3.05) is 5.32 Å². The van der Waals surface area contributed by atoms with Gasteiger partial charge in [-0.3, -0.25) is 4.79 Å². The van der Waals surface area contributed by atoms with Crippen LogP contribution in [0.25, 0.3) is 11.3 Å². The maximum atomic E-state index is 11.8. The summed E-state index contributed by atoms with van der Waals surface area (Å²) in [5.41, 5.74) is 6.95. The molecule has 0 amide bonds. The van der Waals surface area contributed by atoms with Crippen molar-refractivity contribution in [2.45, 2.75) is 26.2 Å². The average molecular weight is 316 g/mol. The Balaban J connectivity index is 1.62. The lowest BCUT2D eigenvalue weighted by atomic mass is 9.89. The van der Waals surface area contributed by atoms with E-state index < -0.39 is 0 Å². The summed E-state index contributed by atoms with van der Waals surface area (Å²) in [7, 11) is 0. The van der Waals surface area contributed by atoms with Gasteiger partial charge >= 0.3 is 0 Å². The Morgan fingerprint density at radius 2 is 1.88 bits per heavy atom. The third-order valence-electron chi connectivity index (χ3n) is 4.60. The van der Waals surface area contributed by atoms with E-state index in [1.54, 1.807) is 0 Å². The minimum absolute atomic E-state index is 0.323. The molecule has 4 rings (SSSR count). The molecule has 120 valence electrons. The third-order valence-corrected chi connectivity index (χ3v) is 4.60. The zero-order valence-corrected chi connectivity index (χ0v) is 13.7. The van der Waals surface area contributed by atoms with Gasteiger partial charge in [-0.2, -0.15) is 0 Å². The van der Waals surface area contributed by atoms with E-state index in [1.807, 2.05) is 12.1 Å². The number of carbonyl (C=O) groups is 1. The molecule has 1 heterocycles. The van der Waals surface area contributed by atoms with Gasteiger partial charge in [-0.15, -0.1) is 0 Å². The maximum Gasteiger partial charge on any atom is 0.137 e. The summed E-state index contributed by atoms with van der Waals surface area (Å²) in [5, 5.41) is 3.45. The van der Waals surface area contributed by atoms with Crippen molar-refractivity contribution in [1.29, 1.82) is 0 Å². The van der Waals surface area contributed by atoms with E-state index in [1.165, 1.54) is 16.7 Å². The van der Waals surface area contributed by atoms with Crippen LogP contribution < -0.4 is 5.32 Å². The van der Waals surface area contributed by atoms with E-state index in [0.717, 1.165) is 29.2 Å². The Morgan fingerprint density at radius 1 is 1.00 bits per heavy atom. The molecule has 3 nitrogen and oxygen atoms in total. The molecule has 0 atom stereocenters. The summed E-state index contributed by atoms with van der Waals surface area (Å²) >= 11 is 0. The number of anilines is 2. The van der Waals surface area contributed by atoms with Gasteiger partial charge in [0.05, 0.1) is 0 Å². The van der Waals surface area contributed by atoms with Crippen LogP contribution in [-0.2, 0) is 17.6 Å². The van der Waals surface area contributed by atoms with Crippen LogP contribution in [0.1, 0.15) is 23.1 Å². The molecule has 24 heavy (non-hydrogen) atoms. The Labute approximate surface area is 141 Å². The van der Waals surface area contributed by atoms with Crippen LogP contribution in [0.3, 0.4) is 0 Å². The third kappa shape index (κ3) is 2.85. The summed E-state index contributed by atoms with van der Waals surface area (Å²) in [6, 6.07) is 18.8. The van der Waals surface area contributed by atoms with Gasteiger partial charge in [0.2, 0.25) is 0 Å². The van der Waals surface area contributed by atoms with Gasteiger partial charge in [0.1, 0.15) is 11.6 Å². The van der Waals surface area contributed by atoms with Crippen molar-refractivity contribution in [3.05, 3.63) is 71.3 Å². The highest BCUT2D eigenvalue weighted by atomic mass is 16.1. The molecule has 0 aliphatic heterocycles. The molecule has 0 unspecified atom stereocenters. The minimum atomic E-state index is 0.323. The lowest BCUT2D eigenvalue weighted by molar-refractivity contribution is -0.118. The van der Waals surface area contributed by atoms with Crippen LogP contribution in [0.2, 0.25) is 0 Å². The number of benzene rings is 2. The second-order valence-corrected chi connectivity index (χ2v) is 6.44. The van der Waals surface area contributed by atoms with Crippen LogP contribution >= 0.6 is 0 Å². The monoisotopic (exact) mass is 316 g/mol. The summed E-state index contributed by atoms with van der Waals surface area (Å²) in [4.78, 5) is 15.2. The molecule has 1 aliphatic rings. The molecule has 0 saturated heterocycles. The first-order valence-corrected chi connectivity index (χ1v) is 8.34. The molecular formula is C21H20N2O. The summed E-state index contributed by atoms with van der Waals surface area (Å²) in [6.07, 6.45) is 2.05. The number of hydrogen-bond donors (Lipinski definition) is 2. The van der Waals surface area contributed by atoms with Crippen molar-refractivity contribution in [1.82, 2.24) is 4.98 Å². The van der Waals surface area contributed by atoms with Gasteiger partial charge in [0.15, 0.2) is 0 Å². The molecule has 1 aliphatic carbocycles. The largest absolute Gasteiger partial charge is 0.342 e. The molecular weight excluding hydrogens is 296 g/mol. The summed E-state index contributed by atoms with van der Waals surface area (Å²) < 4.78 is 0. The second-order valence-electron chi connectivity index (χ2n) is 6.44. The summed E-state index contributed by atoms with van der Waals surface area (Å²) in [6.45, 7) is 2.10. The number of H-pyrrole nitrogens is 1. The first-order chi connectivity index (χ1) is 11.7. The number of aryl methyl sites for hydroxylation is 2. The van der Waals surface area contributed by atoms with Gasteiger partial charge in [-0.1, -0.05) is 35.9 Å². The number of Topliss-reactive ketones (excluding diaryl/α,β-unsaturated/α-hetero) is 1. The number of hydrogen-bond acceptors (Lipinski definition) is 2. The van der Waals surface area contributed by atoms with Crippen LogP contribution in [0.5, 0.6) is 0 Å². The van der Waals surface area contributed by atoms with Gasteiger partial charge in [0, 0.05) is 24.2 Å². The zero-order chi connectivity index (χ0) is 16.5. The quantitative estimate of drug-likeness (QED) is 0.729. The number of fused-ring (bicyclic) bond motifs is 1. The molecule has 3 aromatic rings. The fraction of sp³-hybridized carbons (Fsp3) is 0.190. The Hall–Kier alpha value is -2.81. The normalized spacial score (nSPS) is 13.6. The molecule has 0 fully saturated rings. The zero-order valence-electron chi connectivity index (χ0n) is 13.7. The Kier molecular flexibility index (Phi) is 3.69. The molecule has 2 aromatic carbocycles. The molecule has 0 bridgehead atoms. The highest BCUT2D eigenvalue weighted by molar-refractivity contribution is 5.86. The fourth-order valence-corrected chi connectivity index (χ4v) is 3.35. The SMILES string of the molecule is Cc1cccc(-c2ccc(Nc3cccc4c3CC(=O)CC4)[nH]2)c1. The Morgan fingerprint density at radius 3 is 2.75 bits per heavy atom. The fourth-order valence-electron chi connectivity index (χ4n) is 3.35. The predicted octanol–water partition coefficient (Wildman–Crippen LogP) is 4.79. The smallest absolute Gasteiger partial charge is 0.137 e. The number of aromatic amines is 1. The Bertz CT molecular complexity index is 908. The van der Waals surface area contributed by atoms with E-state index in [4.69, 9.17) is 0 Å². The molecule has 0 radical (unpaired) electrons. The van der Waals surface area contributed by atoms with Gasteiger partial charge in [-0.05, 0) is 54.3 Å². The topological polar surface area (TPSA) is 44.9 Å². The van der Waals surface area contributed by atoms with E-state index in [0.29, 0.717) is 18.6 Å². The van der Waals surface area contributed by atoms with E-state index in [9.17, 15) is 4.79 Å². The number of carbonyl (C=O) groups excluding carboxylic acids is 1. The molecule has 0 saturated carbocycles. The van der Waals surface area contributed by atoms with E-state index in [2.05, 4.69) is 59.7 Å². The predicted molar refractivity (Wildman–Crippen MR) is 97.7 cm³/mol. The maximum absolute atomic E-state index is 11.8. The highest BCUT2D eigenvalue weighted by Gasteiger charge is 2.18. The van der Waals surface area contributed by atoms with Crippen molar-refractivity contribution in [3.63, 3.8) is 0 Å². The summed E-state index contributed by atoms with van der Waals surface area (Å²) in [5.74, 6) is 1.27. The molecule has 0 spiro atoms. The first-order valence-electron chi connectivity index (χ1n) is 8.34. The van der Waals surface area contributed by atoms with Crippen LogP contribution in [0.4, 0.5) is 11.5 Å². The van der Waals surface area contributed by atoms with Crippen LogP contribution in [0, 0.1) is 6.92 Å². The standard InChI is InChI=1S/C21H20N2O/c1-14-4-2-6-16(12-14)19-10-11-21(22-19)23-20-7-3-5-15-8-9-17(24)13-18(15)20/h2-7,10-12,22-23H,8-9,13H2,1H3. The van der Waals surface area contributed by atoms with Crippen molar-refractivity contribution in [3.8, 4) is 11.3 Å². The van der Waals surface area contributed by atoms with Gasteiger partial charge in [-0.25, -0.2) is 0 Å². The first kappa shape index (κ1) is 14.8. The van der Waals surface area contributed by atoms with E-state index >= 15 is 0 Å². The molecule has 3 heteroatoms. The minimum Gasteiger partial charge on any atom is -0.342 e. The van der Waals surface area contributed by atoms with Crippen molar-refractivity contribution >= 4 is 17.3 Å².